The maximum absolute atomic E-state index is 12.3. The number of hydrogen-bond acceptors (Lipinski definition) is 4. The lowest BCUT2D eigenvalue weighted by atomic mass is 10.0. The summed E-state index contributed by atoms with van der Waals surface area (Å²) in [4.78, 5) is 12.3. The van der Waals surface area contributed by atoms with Crippen molar-refractivity contribution in [1.29, 1.82) is 0 Å². The molecule has 1 spiro atoms. The van der Waals surface area contributed by atoms with Crippen LogP contribution in [0.15, 0.2) is 18.2 Å². The van der Waals surface area contributed by atoms with Crippen LogP contribution in [0.4, 0.5) is 5.69 Å². The molecule has 2 heterocycles. The van der Waals surface area contributed by atoms with Crippen molar-refractivity contribution >= 4 is 11.6 Å². The molecule has 4 rings (SSSR count). The second-order valence-corrected chi connectivity index (χ2v) is 5.45. The number of carbonyl (C=O) groups is 1. The summed E-state index contributed by atoms with van der Waals surface area (Å²) in [6.07, 6.45) is 1.93. The fourth-order valence-corrected chi connectivity index (χ4v) is 3.03. The Balaban J connectivity index is 1.50. The highest BCUT2D eigenvalue weighted by Gasteiger charge is 2.59. The molecule has 1 saturated carbocycles. The molecule has 2 aliphatic heterocycles. The molecule has 0 radical (unpaired) electrons. The molecule has 5 heteroatoms. The second-order valence-electron chi connectivity index (χ2n) is 5.45. The van der Waals surface area contributed by atoms with Crippen molar-refractivity contribution in [3.8, 4) is 11.5 Å². The van der Waals surface area contributed by atoms with Gasteiger partial charge in [-0.25, -0.2) is 0 Å². The van der Waals surface area contributed by atoms with Gasteiger partial charge in [0.15, 0.2) is 11.5 Å². The van der Waals surface area contributed by atoms with Gasteiger partial charge in [-0.3, -0.25) is 4.79 Å². The van der Waals surface area contributed by atoms with Crippen molar-refractivity contribution in [3.63, 3.8) is 0 Å². The Kier molecular flexibility index (Phi) is 2.26. The molecule has 0 bridgehead atoms. The summed E-state index contributed by atoms with van der Waals surface area (Å²) in [5.74, 6) is 1.46. The van der Waals surface area contributed by atoms with Gasteiger partial charge < -0.3 is 19.5 Å². The molecular formula is C14H15NO4. The van der Waals surface area contributed by atoms with Crippen molar-refractivity contribution in [1.82, 2.24) is 0 Å². The molecule has 1 saturated heterocycles. The van der Waals surface area contributed by atoms with Crippen LogP contribution in [0.1, 0.15) is 12.8 Å². The third kappa shape index (κ3) is 1.69. The van der Waals surface area contributed by atoms with Gasteiger partial charge in [0.2, 0.25) is 12.7 Å². The van der Waals surface area contributed by atoms with E-state index in [9.17, 15) is 4.79 Å². The molecule has 3 aliphatic rings. The third-order valence-corrected chi connectivity index (χ3v) is 4.29. The van der Waals surface area contributed by atoms with Crippen LogP contribution < -0.4 is 14.8 Å². The van der Waals surface area contributed by atoms with E-state index in [1.54, 1.807) is 0 Å². The summed E-state index contributed by atoms with van der Waals surface area (Å²) < 4.78 is 16.1. The molecular weight excluding hydrogens is 246 g/mol. The molecule has 0 aromatic heterocycles. The number of benzene rings is 1. The minimum atomic E-state index is 0.0643. The van der Waals surface area contributed by atoms with Crippen molar-refractivity contribution in [2.75, 3.05) is 25.3 Å². The lowest BCUT2D eigenvalue weighted by molar-refractivity contribution is -0.118. The second kappa shape index (κ2) is 3.87. The number of ether oxygens (including phenoxy) is 3. The van der Waals surface area contributed by atoms with Gasteiger partial charge in [0, 0.05) is 17.9 Å². The van der Waals surface area contributed by atoms with Crippen molar-refractivity contribution < 1.29 is 19.0 Å². The minimum absolute atomic E-state index is 0.0643. The molecule has 2 unspecified atom stereocenters. The standard InChI is InChI=1S/C14H15NO4/c16-13(9-6-14(9)4-5-17-7-14)15-10-2-1-3-11-12(10)19-8-18-11/h1-3,9H,4-8H2,(H,15,16). The summed E-state index contributed by atoms with van der Waals surface area (Å²) in [6.45, 7) is 1.71. The molecule has 1 amide bonds. The van der Waals surface area contributed by atoms with Gasteiger partial charge in [-0.05, 0) is 25.0 Å². The molecule has 1 aromatic carbocycles. The maximum atomic E-state index is 12.3. The van der Waals surface area contributed by atoms with Crippen molar-refractivity contribution in [2.45, 2.75) is 12.8 Å². The largest absolute Gasteiger partial charge is 0.454 e. The zero-order valence-corrected chi connectivity index (χ0v) is 10.5. The molecule has 2 atom stereocenters. The first-order chi connectivity index (χ1) is 9.28. The topological polar surface area (TPSA) is 56.8 Å². The number of nitrogens with one attached hydrogen (secondary N) is 1. The Morgan fingerprint density at radius 3 is 3.16 bits per heavy atom. The lowest BCUT2D eigenvalue weighted by Crippen LogP contribution is -2.19. The summed E-state index contributed by atoms with van der Waals surface area (Å²) >= 11 is 0. The summed E-state index contributed by atoms with van der Waals surface area (Å²) in [5, 5.41) is 2.96. The molecule has 1 N–H and O–H groups in total. The summed E-state index contributed by atoms with van der Waals surface area (Å²) in [6, 6.07) is 5.53. The molecule has 2 fully saturated rings. The van der Waals surface area contributed by atoms with Gasteiger partial charge in [0.1, 0.15) is 0 Å². The number of rotatable bonds is 2. The molecule has 100 valence electrons. The predicted octanol–water partition coefficient (Wildman–Crippen LogP) is 1.78. The molecule has 1 aromatic rings. The van der Waals surface area contributed by atoms with Crippen LogP contribution in [0.25, 0.3) is 0 Å². The maximum Gasteiger partial charge on any atom is 0.231 e. The Labute approximate surface area is 110 Å². The zero-order valence-electron chi connectivity index (χ0n) is 10.5. The average molecular weight is 261 g/mol. The molecule has 19 heavy (non-hydrogen) atoms. The zero-order chi connectivity index (χ0) is 12.9. The smallest absolute Gasteiger partial charge is 0.231 e. The Morgan fingerprint density at radius 2 is 2.32 bits per heavy atom. The van der Waals surface area contributed by atoms with E-state index < -0.39 is 0 Å². The minimum Gasteiger partial charge on any atom is -0.454 e. The first-order valence-corrected chi connectivity index (χ1v) is 6.56. The van der Waals surface area contributed by atoms with Crippen LogP contribution in [0, 0.1) is 11.3 Å². The fraction of sp³-hybridized carbons (Fsp3) is 0.500. The monoisotopic (exact) mass is 261 g/mol. The third-order valence-electron chi connectivity index (χ3n) is 4.29. The number of anilines is 1. The van der Waals surface area contributed by atoms with Crippen LogP contribution in [0.3, 0.4) is 0 Å². The van der Waals surface area contributed by atoms with Gasteiger partial charge in [0.25, 0.3) is 0 Å². The van der Waals surface area contributed by atoms with E-state index in [-0.39, 0.29) is 24.0 Å². The van der Waals surface area contributed by atoms with Gasteiger partial charge in [-0.1, -0.05) is 6.07 Å². The van der Waals surface area contributed by atoms with Crippen molar-refractivity contribution in [2.24, 2.45) is 11.3 Å². The van der Waals surface area contributed by atoms with Crippen LogP contribution in [-0.2, 0) is 9.53 Å². The van der Waals surface area contributed by atoms with E-state index >= 15 is 0 Å². The Bertz CT molecular complexity index is 536. The van der Waals surface area contributed by atoms with Crippen LogP contribution >= 0.6 is 0 Å². The SMILES string of the molecule is O=C(Nc1cccc2c1OCO2)C1CC12CCOC2. The van der Waals surface area contributed by atoms with E-state index in [1.165, 1.54) is 0 Å². The van der Waals surface area contributed by atoms with Gasteiger partial charge >= 0.3 is 0 Å². The van der Waals surface area contributed by atoms with Crippen molar-refractivity contribution in [3.05, 3.63) is 18.2 Å². The van der Waals surface area contributed by atoms with E-state index in [2.05, 4.69) is 5.32 Å². The highest BCUT2D eigenvalue weighted by molar-refractivity contribution is 5.96. The molecule has 5 nitrogen and oxygen atoms in total. The Morgan fingerprint density at radius 1 is 1.37 bits per heavy atom. The fourth-order valence-electron chi connectivity index (χ4n) is 3.03. The van der Waals surface area contributed by atoms with Gasteiger partial charge in [0.05, 0.1) is 12.3 Å². The summed E-state index contributed by atoms with van der Waals surface area (Å²) in [7, 11) is 0. The van der Waals surface area contributed by atoms with E-state index in [0.717, 1.165) is 26.1 Å². The first kappa shape index (κ1) is 11.1. The highest BCUT2D eigenvalue weighted by atomic mass is 16.7. The van der Waals surface area contributed by atoms with Gasteiger partial charge in [-0.15, -0.1) is 0 Å². The normalized spacial score (nSPS) is 30.6. The van der Waals surface area contributed by atoms with Crippen LogP contribution in [0.2, 0.25) is 0 Å². The Hall–Kier alpha value is -1.75. The number of fused-ring (bicyclic) bond motifs is 1. The number of para-hydroxylation sites is 1. The predicted molar refractivity (Wildman–Crippen MR) is 67.2 cm³/mol. The quantitative estimate of drug-likeness (QED) is 0.881. The number of amides is 1. The highest BCUT2D eigenvalue weighted by Crippen LogP contribution is 2.58. The number of hydrogen-bond donors (Lipinski definition) is 1. The van der Waals surface area contributed by atoms with Gasteiger partial charge in [-0.2, -0.15) is 0 Å². The first-order valence-electron chi connectivity index (χ1n) is 6.56. The van der Waals surface area contributed by atoms with Crippen LogP contribution in [-0.4, -0.2) is 25.9 Å². The molecule has 1 aliphatic carbocycles. The lowest BCUT2D eigenvalue weighted by Gasteiger charge is -2.09. The van der Waals surface area contributed by atoms with E-state index in [4.69, 9.17) is 14.2 Å². The van der Waals surface area contributed by atoms with Crippen LogP contribution in [0.5, 0.6) is 11.5 Å². The summed E-state index contributed by atoms with van der Waals surface area (Å²) in [5.41, 5.74) is 0.806. The average Bonchev–Trinajstić information content (AvgIpc) is 2.79. The van der Waals surface area contributed by atoms with E-state index in [1.807, 2.05) is 18.2 Å². The number of carbonyl (C=O) groups excluding carboxylic acids is 1. The van der Waals surface area contributed by atoms with E-state index in [0.29, 0.717) is 17.2 Å².